The van der Waals surface area contributed by atoms with E-state index in [0.717, 1.165) is 17.2 Å². The van der Waals surface area contributed by atoms with Crippen molar-refractivity contribution in [2.45, 2.75) is 25.7 Å². The third-order valence-electron chi connectivity index (χ3n) is 3.29. The van der Waals surface area contributed by atoms with E-state index in [1.807, 2.05) is 13.8 Å². The molecule has 0 radical (unpaired) electrons. The molecule has 3 N–H and O–H groups in total. The Kier molecular flexibility index (Phi) is 3.91. The second kappa shape index (κ2) is 5.37. The van der Waals surface area contributed by atoms with Crippen LogP contribution < -0.4 is 10.5 Å². The summed E-state index contributed by atoms with van der Waals surface area (Å²) in [6.07, 6.45) is 0. The van der Waals surface area contributed by atoms with Crippen molar-refractivity contribution < 1.29 is 12.8 Å². The smallest absolute Gasteiger partial charge is 0.264 e. The van der Waals surface area contributed by atoms with Crippen LogP contribution in [0, 0.1) is 26.6 Å². The number of aryl methyl sites for hydroxylation is 3. The van der Waals surface area contributed by atoms with Crippen molar-refractivity contribution in [1.82, 2.24) is 0 Å². The predicted molar refractivity (Wildman–Crippen MR) is 82.3 cm³/mol. The van der Waals surface area contributed by atoms with E-state index in [0.29, 0.717) is 5.69 Å². The molecule has 0 spiro atoms. The minimum absolute atomic E-state index is 0.190. The van der Waals surface area contributed by atoms with Crippen molar-refractivity contribution in [2.75, 3.05) is 10.5 Å². The minimum atomic E-state index is -4.02. The molecule has 0 unspecified atom stereocenters. The fourth-order valence-corrected chi connectivity index (χ4v) is 3.21. The number of rotatable bonds is 3. The Morgan fingerprint density at radius 1 is 1.00 bits per heavy atom. The van der Waals surface area contributed by atoms with Crippen molar-refractivity contribution in [3.05, 3.63) is 52.8 Å². The molecule has 0 aromatic heterocycles. The molecule has 2 rings (SSSR count). The van der Waals surface area contributed by atoms with Gasteiger partial charge in [0.2, 0.25) is 0 Å². The van der Waals surface area contributed by atoms with Crippen LogP contribution >= 0.6 is 0 Å². The van der Waals surface area contributed by atoms with Crippen LogP contribution in [0.15, 0.2) is 35.2 Å². The zero-order valence-corrected chi connectivity index (χ0v) is 12.9. The van der Waals surface area contributed by atoms with E-state index in [9.17, 15) is 12.8 Å². The number of nitrogens with two attached hydrogens (primary N) is 1. The van der Waals surface area contributed by atoms with E-state index in [1.165, 1.54) is 13.0 Å². The summed E-state index contributed by atoms with van der Waals surface area (Å²) in [5.74, 6) is -0.791. The summed E-state index contributed by atoms with van der Waals surface area (Å²) in [6.45, 7) is 5.27. The first-order chi connectivity index (χ1) is 9.70. The molecule has 112 valence electrons. The van der Waals surface area contributed by atoms with Crippen molar-refractivity contribution in [3.63, 3.8) is 0 Å². The van der Waals surface area contributed by atoms with Gasteiger partial charge >= 0.3 is 0 Å². The highest BCUT2D eigenvalue weighted by Crippen LogP contribution is 2.24. The van der Waals surface area contributed by atoms with Crippen LogP contribution in [0.3, 0.4) is 0 Å². The number of sulfonamides is 1. The highest BCUT2D eigenvalue weighted by atomic mass is 32.2. The van der Waals surface area contributed by atoms with Gasteiger partial charge in [0.25, 0.3) is 10.0 Å². The van der Waals surface area contributed by atoms with Gasteiger partial charge in [0, 0.05) is 11.4 Å². The lowest BCUT2D eigenvalue weighted by Crippen LogP contribution is -2.15. The lowest BCUT2D eigenvalue weighted by atomic mass is 10.1. The quantitative estimate of drug-likeness (QED) is 0.856. The molecular formula is C15H17FN2O2S. The number of benzene rings is 2. The number of hydrogen-bond donors (Lipinski definition) is 2. The minimum Gasteiger partial charge on any atom is -0.399 e. The Hall–Kier alpha value is -2.08. The molecule has 0 aliphatic heterocycles. The van der Waals surface area contributed by atoms with Gasteiger partial charge in [-0.2, -0.15) is 0 Å². The lowest BCUT2D eigenvalue weighted by Gasteiger charge is -2.12. The third-order valence-corrected chi connectivity index (χ3v) is 4.67. The fourth-order valence-electron chi connectivity index (χ4n) is 1.97. The summed E-state index contributed by atoms with van der Waals surface area (Å²) < 4.78 is 41.1. The van der Waals surface area contributed by atoms with Gasteiger partial charge in [-0.05, 0) is 61.7 Å². The van der Waals surface area contributed by atoms with Gasteiger partial charge in [0.1, 0.15) is 10.7 Å². The monoisotopic (exact) mass is 308 g/mol. The van der Waals surface area contributed by atoms with Crippen LogP contribution in [0.25, 0.3) is 0 Å². The van der Waals surface area contributed by atoms with Crippen LogP contribution in [0.2, 0.25) is 0 Å². The lowest BCUT2D eigenvalue weighted by molar-refractivity contribution is 0.565. The van der Waals surface area contributed by atoms with Crippen LogP contribution in [-0.2, 0) is 10.0 Å². The van der Waals surface area contributed by atoms with Gasteiger partial charge < -0.3 is 5.73 Å². The molecule has 0 heterocycles. The SMILES string of the molecule is Cc1ccc(NS(=O)(=O)c2cc(N)cc(C)c2F)cc1C. The Balaban J connectivity index is 2.45. The highest BCUT2D eigenvalue weighted by molar-refractivity contribution is 7.92. The largest absolute Gasteiger partial charge is 0.399 e. The summed E-state index contributed by atoms with van der Waals surface area (Å²) >= 11 is 0. The summed E-state index contributed by atoms with van der Waals surface area (Å²) in [5, 5.41) is 0. The first kappa shape index (κ1) is 15.3. The molecule has 0 saturated carbocycles. The van der Waals surface area contributed by atoms with E-state index >= 15 is 0 Å². The molecular weight excluding hydrogens is 291 g/mol. The van der Waals surface area contributed by atoms with E-state index in [4.69, 9.17) is 5.73 Å². The number of hydrogen-bond acceptors (Lipinski definition) is 3. The molecule has 2 aromatic rings. The van der Waals surface area contributed by atoms with Gasteiger partial charge in [-0.3, -0.25) is 4.72 Å². The van der Waals surface area contributed by atoms with E-state index in [2.05, 4.69) is 4.72 Å². The van der Waals surface area contributed by atoms with E-state index in [1.54, 1.807) is 18.2 Å². The van der Waals surface area contributed by atoms with Crippen LogP contribution in [-0.4, -0.2) is 8.42 Å². The van der Waals surface area contributed by atoms with Crippen molar-refractivity contribution in [2.24, 2.45) is 0 Å². The van der Waals surface area contributed by atoms with Gasteiger partial charge in [0.05, 0.1) is 0 Å². The van der Waals surface area contributed by atoms with Crippen LogP contribution in [0.4, 0.5) is 15.8 Å². The summed E-state index contributed by atoms with van der Waals surface area (Å²) in [6, 6.07) is 7.64. The normalized spacial score (nSPS) is 11.4. The molecule has 0 aliphatic rings. The molecule has 0 aliphatic carbocycles. The topological polar surface area (TPSA) is 72.2 Å². The van der Waals surface area contributed by atoms with Gasteiger partial charge in [-0.25, -0.2) is 12.8 Å². The second-order valence-electron chi connectivity index (χ2n) is 5.05. The number of halogens is 1. The Morgan fingerprint density at radius 3 is 2.29 bits per heavy atom. The first-order valence-electron chi connectivity index (χ1n) is 6.36. The second-order valence-corrected chi connectivity index (χ2v) is 6.71. The van der Waals surface area contributed by atoms with Crippen molar-refractivity contribution >= 4 is 21.4 Å². The number of anilines is 2. The molecule has 0 fully saturated rings. The van der Waals surface area contributed by atoms with Gasteiger partial charge in [-0.15, -0.1) is 0 Å². The molecule has 21 heavy (non-hydrogen) atoms. The number of nitrogen functional groups attached to an aromatic ring is 1. The van der Waals surface area contributed by atoms with Gasteiger partial charge in [0.15, 0.2) is 0 Å². The average molecular weight is 308 g/mol. The molecule has 2 aromatic carbocycles. The van der Waals surface area contributed by atoms with E-state index in [-0.39, 0.29) is 11.3 Å². The van der Waals surface area contributed by atoms with E-state index < -0.39 is 20.7 Å². The maximum atomic E-state index is 14.0. The molecule has 0 amide bonds. The summed E-state index contributed by atoms with van der Waals surface area (Å²) in [4.78, 5) is -0.446. The Bertz CT molecular complexity index is 802. The Morgan fingerprint density at radius 2 is 1.67 bits per heavy atom. The van der Waals surface area contributed by atoms with Crippen molar-refractivity contribution in [1.29, 1.82) is 0 Å². The highest BCUT2D eigenvalue weighted by Gasteiger charge is 2.21. The number of nitrogens with one attached hydrogen (secondary N) is 1. The van der Waals surface area contributed by atoms with Gasteiger partial charge in [-0.1, -0.05) is 6.07 Å². The fraction of sp³-hybridized carbons (Fsp3) is 0.200. The zero-order valence-electron chi connectivity index (χ0n) is 12.1. The first-order valence-corrected chi connectivity index (χ1v) is 7.85. The van der Waals surface area contributed by atoms with Crippen LogP contribution in [0.5, 0.6) is 0 Å². The average Bonchev–Trinajstić information content (AvgIpc) is 2.37. The molecule has 0 atom stereocenters. The third kappa shape index (κ3) is 3.16. The molecule has 4 nitrogen and oxygen atoms in total. The van der Waals surface area contributed by atoms with Crippen LogP contribution in [0.1, 0.15) is 16.7 Å². The predicted octanol–water partition coefficient (Wildman–Crippen LogP) is 3.13. The Labute approximate surface area is 123 Å². The maximum Gasteiger partial charge on any atom is 0.264 e. The zero-order chi connectivity index (χ0) is 15.8. The molecule has 0 bridgehead atoms. The molecule has 0 saturated heterocycles. The summed E-state index contributed by atoms with van der Waals surface area (Å²) in [5.41, 5.74) is 8.37. The maximum absolute atomic E-state index is 14.0. The van der Waals surface area contributed by atoms with Crippen molar-refractivity contribution in [3.8, 4) is 0 Å². The standard InChI is InChI=1S/C15H17FN2O2S/c1-9-4-5-13(7-10(9)2)18-21(19,20)14-8-12(17)6-11(3)15(14)16/h4-8,18H,17H2,1-3H3. The summed E-state index contributed by atoms with van der Waals surface area (Å²) in [7, 11) is -4.02. The molecule has 6 heteroatoms.